The molecule has 1 aromatic heterocycles. The zero-order valence-electron chi connectivity index (χ0n) is 16.5. The molecule has 1 aromatic carbocycles. The van der Waals surface area contributed by atoms with Crippen molar-refractivity contribution in [2.24, 2.45) is 10.1 Å². The van der Waals surface area contributed by atoms with Gasteiger partial charge < -0.3 is 4.90 Å². The van der Waals surface area contributed by atoms with E-state index in [4.69, 9.17) is 0 Å². The zero-order chi connectivity index (χ0) is 19.6. The molecule has 1 amide bonds. The molecule has 0 saturated heterocycles. The Morgan fingerprint density at radius 2 is 1.81 bits per heavy atom. The number of rotatable bonds is 5. The van der Waals surface area contributed by atoms with Gasteiger partial charge in [0.05, 0.1) is 22.8 Å². The number of anilines is 2. The molecule has 0 unspecified atom stereocenters. The van der Waals surface area contributed by atoms with Crippen molar-refractivity contribution in [2.45, 2.75) is 34.6 Å². The van der Waals surface area contributed by atoms with E-state index in [0.29, 0.717) is 17.1 Å². The quantitative estimate of drug-likeness (QED) is 0.805. The molecule has 6 heteroatoms. The van der Waals surface area contributed by atoms with Crippen molar-refractivity contribution in [1.29, 1.82) is 0 Å². The van der Waals surface area contributed by atoms with Crippen molar-refractivity contribution < 1.29 is 4.79 Å². The lowest BCUT2D eigenvalue weighted by Crippen LogP contribution is -2.27. The van der Waals surface area contributed by atoms with Gasteiger partial charge in [0, 0.05) is 13.1 Å². The summed E-state index contributed by atoms with van der Waals surface area (Å²) in [5, 5.41) is 5.81. The molecule has 2 heterocycles. The van der Waals surface area contributed by atoms with E-state index < -0.39 is 0 Å². The van der Waals surface area contributed by atoms with E-state index in [1.165, 1.54) is 5.01 Å². The smallest absolute Gasteiger partial charge is 0.299 e. The monoisotopic (exact) mass is 363 g/mol. The molecule has 0 N–H and O–H groups in total. The number of benzene rings is 1. The summed E-state index contributed by atoms with van der Waals surface area (Å²) in [4.78, 5) is 24.3. The van der Waals surface area contributed by atoms with E-state index in [-0.39, 0.29) is 5.91 Å². The van der Waals surface area contributed by atoms with Gasteiger partial charge in [-0.1, -0.05) is 12.1 Å². The first-order valence-corrected chi connectivity index (χ1v) is 9.22. The fraction of sp³-hybridized carbons (Fsp3) is 0.333. The van der Waals surface area contributed by atoms with E-state index in [2.05, 4.69) is 33.8 Å². The summed E-state index contributed by atoms with van der Waals surface area (Å²) >= 11 is 0. The van der Waals surface area contributed by atoms with Crippen LogP contribution >= 0.6 is 0 Å². The largest absolute Gasteiger partial charge is 0.357 e. The number of amides is 1. The van der Waals surface area contributed by atoms with Crippen molar-refractivity contribution in [1.82, 2.24) is 4.98 Å². The van der Waals surface area contributed by atoms with Crippen LogP contribution in [0.4, 0.5) is 17.2 Å². The maximum absolute atomic E-state index is 12.9. The highest BCUT2D eigenvalue weighted by Crippen LogP contribution is 2.25. The zero-order valence-corrected chi connectivity index (χ0v) is 16.5. The van der Waals surface area contributed by atoms with Crippen LogP contribution in [0.25, 0.3) is 0 Å². The summed E-state index contributed by atoms with van der Waals surface area (Å²) in [6.07, 6.45) is 0. The number of nitrogens with zero attached hydrogens (tertiary/aromatic N) is 5. The average Bonchev–Trinajstić information content (AvgIpc) is 2.93. The lowest BCUT2D eigenvalue weighted by atomic mass is 10.2. The third-order valence-electron chi connectivity index (χ3n) is 4.60. The van der Waals surface area contributed by atoms with Gasteiger partial charge >= 0.3 is 0 Å². The van der Waals surface area contributed by atoms with Gasteiger partial charge in [0.1, 0.15) is 5.82 Å². The van der Waals surface area contributed by atoms with Crippen LogP contribution in [0.1, 0.15) is 32.0 Å². The second kappa shape index (κ2) is 7.70. The minimum absolute atomic E-state index is 0.217. The molecule has 3 rings (SSSR count). The van der Waals surface area contributed by atoms with Crippen LogP contribution in [0.2, 0.25) is 0 Å². The summed E-state index contributed by atoms with van der Waals surface area (Å²) in [6.45, 7) is 11.7. The van der Waals surface area contributed by atoms with Crippen LogP contribution in [0.15, 0.2) is 46.5 Å². The minimum atomic E-state index is -0.217. The highest BCUT2D eigenvalue weighted by atomic mass is 16.2. The molecule has 0 saturated carbocycles. The van der Waals surface area contributed by atoms with E-state index in [1.807, 2.05) is 50.2 Å². The highest BCUT2D eigenvalue weighted by molar-refractivity contribution is 6.71. The number of hydrazone groups is 1. The Morgan fingerprint density at radius 1 is 1.07 bits per heavy atom. The van der Waals surface area contributed by atoms with Crippen LogP contribution in [0.5, 0.6) is 0 Å². The molecule has 1 aliphatic rings. The second-order valence-electron chi connectivity index (χ2n) is 6.55. The molecule has 140 valence electrons. The van der Waals surface area contributed by atoms with Crippen LogP contribution in [0, 0.1) is 13.8 Å². The molecule has 0 fully saturated rings. The van der Waals surface area contributed by atoms with Crippen LogP contribution in [-0.4, -0.2) is 35.4 Å². The molecule has 0 bridgehead atoms. The summed E-state index contributed by atoms with van der Waals surface area (Å²) < 4.78 is 0. The number of hydrogen-bond acceptors (Lipinski definition) is 5. The normalized spacial score (nSPS) is 15.4. The molecule has 0 spiro atoms. The predicted molar refractivity (Wildman–Crippen MR) is 111 cm³/mol. The Balaban J connectivity index is 1.92. The third kappa shape index (κ3) is 3.74. The molecule has 27 heavy (non-hydrogen) atoms. The van der Waals surface area contributed by atoms with E-state index >= 15 is 0 Å². The number of carbonyl (C=O) groups excluding carboxylic acids is 1. The average molecular weight is 363 g/mol. The fourth-order valence-corrected chi connectivity index (χ4v) is 3.06. The van der Waals surface area contributed by atoms with Gasteiger partial charge in [0.2, 0.25) is 0 Å². The molecule has 2 aromatic rings. The molecule has 6 nitrogen and oxygen atoms in total. The first-order valence-electron chi connectivity index (χ1n) is 9.22. The maximum Gasteiger partial charge on any atom is 0.299 e. The number of aliphatic imine (C=N–C) groups is 1. The standard InChI is InChI=1S/C21H25N5O/c1-6-25(7-2)19-12-11-18(15(4)22-19)23-20-16(5)24-26(21(20)27)17-10-8-9-14(3)13-17/h8-13H,6-7H2,1-5H3. The lowest BCUT2D eigenvalue weighted by Gasteiger charge is -2.20. The van der Waals surface area contributed by atoms with Crippen LogP contribution < -0.4 is 9.91 Å². The van der Waals surface area contributed by atoms with Crippen molar-refractivity contribution in [3.8, 4) is 0 Å². The fourth-order valence-electron chi connectivity index (χ4n) is 3.06. The van der Waals surface area contributed by atoms with Gasteiger partial charge in [-0.15, -0.1) is 0 Å². The molecular weight excluding hydrogens is 338 g/mol. The van der Waals surface area contributed by atoms with Gasteiger partial charge in [-0.05, 0) is 64.4 Å². The Labute approximate surface area is 160 Å². The van der Waals surface area contributed by atoms with Gasteiger partial charge in [0.15, 0.2) is 5.71 Å². The first kappa shape index (κ1) is 18.8. The van der Waals surface area contributed by atoms with Crippen molar-refractivity contribution >= 4 is 34.5 Å². The number of aryl methyl sites for hydroxylation is 2. The van der Waals surface area contributed by atoms with Crippen molar-refractivity contribution in [3.05, 3.63) is 47.7 Å². The van der Waals surface area contributed by atoms with E-state index in [0.717, 1.165) is 35.9 Å². The summed E-state index contributed by atoms with van der Waals surface area (Å²) in [7, 11) is 0. The lowest BCUT2D eigenvalue weighted by molar-refractivity contribution is -0.112. The van der Waals surface area contributed by atoms with Crippen LogP contribution in [0.3, 0.4) is 0 Å². The maximum atomic E-state index is 12.9. The summed E-state index contributed by atoms with van der Waals surface area (Å²) in [5.41, 5.74) is 4.27. The van der Waals surface area contributed by atoms with Gasteiger partial charge in [0.25, 0.3) is 5.91 Å². The third-order valence-corrected chi connectivity index (χ3v) is 4.60. The van der Waals surface area contributed by atoms with E-state index in [1.54, 1.807) is 6.92 Å². The molecule has 0 radical (unpaired) electrons. The number of aromatic nitrogens is 1. The molecule has 0 atom stereocenters. The van der Waals surface area contributed by atoms with Crippen molar-refractivity contribution in [2.75, 3.05) is 23.0 Å². The highest BCUT2D eigenvalue weighted by Gasteiger charge is 2.30. The van der Waals surface area contributed by atoms with E-state index in [9.17, 15) is 4.79 Å². The first-order chi connectivity index (χ1) is 12.9. The second-order valence-corrected chi connectivity index (χ2v) is 6.55. The topological polar surface area (TPSA) is 61.2 Å². The van der Waals surface area contributed by atoms with Gasteiger partial charge in [-0.3, -0.25) is 4.79 Å². The Morgan fingerprint density at radius 3 is 2.44 bits per heavy atom. The Kier molecular flexibility index (Phi) is 5.35. The summed E-state index contributed by atoms with van der Waals surface area (Å²) in [6, 6.07) is 11.6. The SMILES string of the molecule is CCN(CC)c1ccc(N=C2C(=O)N(c3cccc(C)c3)N=C2C)c(C)n1. The molecular formula is C21H25N5O. The minimum Gasteiger partial charge on any atom is -0.357 e. The van der Waals surface area contributed by atoms with Gasteiger partial charge in [-0.25, -0.2) is 9.98 Å². The summed E-state index contributed by atoms with van der Waals surface area (Å²) in [5.74, 6) is 0.705. The number of hydrogen-bond donors (Lipinski definition) is 0. The van der Waals surface area contributed by atoms with Crippen LogP contribution in [-0.2, 0) is 4.79 Å². The molecule has 0 aliphatic carbocycles. The van der Waals surface area contributed by atoms with Gasteiger partial charge in [-0.2, -0.15) is 10.1 Å². The molecule has 1 aliphatic heterocycles. The predicted octanol–water partition coefficient (Wildman–Crippen LogP) is 4.04. The Hall–Kier alpha value is -3.02. The Bertz CT molecular complexity index is 928. The number of carbonyl (C=O) groups is 1. The van der Waals surface area contributed by atoms with Crippen molar-refractivity contribution in [3.63, 3.8) is 0 Å². The number of pyridine rings is 1.